The lowest BCUT2D eigenvalue weighted by atomic mass is 9.95. The normalized spacial score (nSPS) is 22.4. The molecule has 1 saturated heterocycles. The molecule has 0 radical (unpaired) electrons. The van der Waals surface area contributed by atoms with E-state index in [9.17, 15) is 9.59 Å². The maximum absolute atomic E-state index is 12.4. The van der Waals surface area contributed by atoms with Gasteiger partial charge in [-0.25, -0.2) is 4.79 Å². The maximum Gasteiger partial charge on any atom is 0.323 e. The van der Waals surface area contributed by atoms with E-state index in [0.717, 1.165) is 25.0 Å². The molecule has 7 nitrogen and oxygen atoms in total. The molecule has 1 aliphatic carbocycles. The third kappa shape index (κ3) is 3.71. The highest BCUT2D eigenvalue weighted by Gasteiger charge is 2.28. The number of aliphatic carboxylic acids is 1. The highest BCUT2D eigenvalue weighted by atomic mass is 16.4. The number of nitrogens with zero attached hydrogens (tertiary/aromatic N) is 3. The molecule has 0 spiro atoms. The molecule has 0 bridgehead atoms. The van der Waals surface area contributed by atoms with E-state index in [4.69, 9.17) is 5.11 Å². The van der Waals surface area contributed by atoms with Gasteiger partial charge in [-0.2, -0.15) is 5.10 Å². The highest BCUT2D eigenvalue weighted by Crippen LogP contribution is 2.29. The van der Waals surface area contributed by atoms with Crippen LogP contribution in [0.25, 0.3) is 0 Å². The van der Waals surface area contributed by atoms with Crippen molar-refractivity contribution in [1.29, 1.82) is 0 Å². The van der Waals surface area contributed by atoms with E-state index in [-0.39, 0.29) is 12.6 Å². The topological polar surface area (TPSA) is 87.5 Å². The van der Waals surface area contributed by atoms with E-state index in [1.165, 1.54) is 19.3 Å². The van der Waals surface area contributed by atoms with Crippen molar-refractivity contribution in [3.63, 3.8) is 0 Å². The summed E-state index contributed by atoms with van der Waals surface area (Å²) in [6.07, 6.45) is 7.39. The van der Waals surface area contributed by atoms with E-state index in [0.29, 0.717) is 24.8 Å². The van der Waals surface area contributed by atoms with Crippen molar-refractivity contribution in [2.75, 3.05) is 18.4 Å². The Kier molecular flexibility index (Phi) is 5.06. The van der Waals surface area contributed by atoms with E-state index in [2.05, 4.69) is 10.4 Å². The molecule has 2 aliphatic rings. The van der Waals surface area contributed by atoms with Crippen molar-refractivity contribution >= 4 is 17.8 Å². The first-order valence-electron chi connectivity index (χ1n) is 8.89. The smallest absolute Gasteiger partial charge is 0.323 e. The van der Waals surface area contributed by atoms with Crippen LogP contribution in [0.5, 0.6) is 0 Å². The Balaban J connectivity index is 1.63. The molecule has 0 aromatic carbocycles. The van der Waals surface area contributed by atoms with E-state index >= 15 is 0 Å². The predicted octanol–water partition coefficient (Wildman–Crippen LogP) is 3.03. The van der Waals surface area contributed by atoms with E-state index in [1.807, 2.05) is 17.7 Å². The van der Waals surface area contributed by atoms with Crippen LogP contribution in [0.3, 0.4) is 0 Å². The number of rotatable bonds is 3. The van der Waals surface area contributed by atoms with Gasteiger partial charge in [-0.1, -0.05) is 19.3 Å². The fourth-order valence-corrected chi connectivity index (χ4v) is 3.80. The third-order valence-electron chi connectivity index (χ3n) is 5.14. The molecule has 132 valence electrons. The van der Waals surface area contributed by atoms with Crippen LogP contribution in [-0.2, 0) is 4.79 Å². The average Bonchev–Trinajstić information content (AvgIpc) is 2.96. The van der Waals surface area contributed by atoms with Gasteiger partial charge in [0.15, 0.2) is 5.82 Å². The molecule has 1 atom stereocenters. The Morgan fingerprint density at radius 2 is 1.96 bits per heavy atom. The highest BCUT2D eigenvalue weighted by molar-refractivity contribution is 5.88. The molecule has 1 aliphatic heterocycles. The van der Waals surface area contributed by atoms with Crippen LogP contribution in [-0.4, -0.2) is 44.9 Å². The lowest BCUT2D eigenvalue weighted by Gasteiger charge is -2.30. The number of amides is 2. The summed E-state index contributed by atoms with van der Waals surface area (Å²) in [6, 6.07) is 2.07. The number of hydrogen-bond donors (Lipinski definition) is 2. The van der Waals surface area contributed by atoms with Gasteiger partial charge in [0.2, 0.25) is 0 Å². The number of carboxylic acid groups (broad SMARTS) is 1. The van der Waals surface area contributed by atoms with Crippen LogP contribution in [0.1, 0.15) is 56.7 Å². The Morgan fingerprint density at radius 1 is 1.21 bits per heavy atom. The summed E-state index contributed by atoms with van der Waals surface area (Å²) < 4.78 is 2.03. The van der Waals surface area contributed by atoms with E-state index in [1.54, 1.807) is 4.90 Å². The van der Waals surface area contributed by atoms with Gasteiger partial charge in [0, 0.05) is 24.8 Å². The van der Waals surface area contributed by atoms with Gasteiger partial charge >= 0.3 is 12.0 Å². The zero-order chi connectivity index (χ0) is 17.1. The zero-order valence-corrected chi connectivity index (χ0v) is 14.2. The summed E-state index contributed by atoms with van der Waals surface area (Å²) in [4.78, 5) is 25.1. The van der Waals surface area contributed by atoms with Crippen molar-refractivity contribution in [2.24, 2.45) is 5.92 Å². The van der Waals surface area contributed by atoms with Crippen molar-refractivity contribution in [2.45, 2.75) is 57.9 Å². The summed E-state index contributed by atoms with van der Waals surface area (Å²) >= 11 is 0. The fraction of sp³-hybridized carbons (Fsp3) is 0.706. The molecule has 24 heavy (non-hydrogen) atoms. The third-order valence-corrected chi connectivity index (χ3v) is 5.14. The molecule has 2 N–H and O–H groups in total. The minimum absolute atomic E-state index is 0.255. The zero-order valence-electron chi connectivity index (χ0n) is 14.2. The fourth-order valence-electron chi connectivity index (χ4n) is 3.80. The standard InChI is InChI=1S/C17H26N4O3/c1-12-10-15(19-21(12)14-7-3-2-4-8-14)18-17(24)20-9-5-6-13(11-20)16(22)23/h10,13-14H,2-9,11H2,1H3,(H,22,23)(H,18,19,24). The monoisotopic (exact) mass is 334 g/mol. The number of piperidine rings is 1. The number of anilines is 1. The second kappa shape index (κ2) is 7.23. The summed E-state index contributed by atoms with van der Waals surface area (Å²) in [5, 5.41) is 16.5. The number of aromatic nitrogens is 2. The minimum atomic E-state index is -0.829. The lowest BCUT2D eigenvalue weighted by Crippen LogP contribution is -2.44. The summed E-state index contributed by atoms with van der Waals surface area (Å²) in [5.41, 5.74) is 1.05. The quantitative estimate of drug-likeness (QED) is 0.889. The van der Waals surface area contributed by atoms with Crippen molar-refractivity contribution in [1.82, 2.24) is 14.7 Å². The minimum Gasteiger partial charge on any atom is -0.481 e. The molecular formula is C17H26N4O3. The van der Waals surface area contributed by atoms with Crippen molar-refractivity contribution in [3.8, 4) is 0 Å². The van der Waals surface area contributed by atoms with Crippen LogP contribution >= 0.6 is 0 Å². The molecule has 7 heteroatoms. The van der Waals surface area contributed by atoms with Crippen LogP contribution in [0.2, 0.25) is 0 Å². The number of urea groups is 1. The van der Waals surface area contributed by atoms with Crippen molar-refractivity contribution in [3.05, 3.63) is 11.8 Å². The van der Waals surface area contributed by atoms with E-state index < -0.39 is 11.9 Å². The molecule has 3 rings (SSSR count). The van der Waals surface area contributed by atoms with Gasteiger partial charge in [0.25, 0.3) is 0 Å². The van der Waals surface area contributed by atoms with Gasteiger partial charge in [0.05, 0.1) is 12.0 Å². The van der Waals surface area contributed by atoms with Crippen molar-refractivity contribution < 1.29 is 14.7 Å². The Morgan fingerprint density at radius 3 is 2.67 bits per heavy atom. The maximum atomic E-state index is 12.4. The number of carbonyl (C=O) groups is 2. The Bertz CT molecular complexity index is 607. The molecule has 1 saturated carbocycles. The van der Waals surface area contributed by atoms with Gasteiger partial charge in [0.1, 0.15) is 0 Å². The van der Waals surface area contributed by atoms with Gasteiger partial charge in [-0.3, -0.25) is 14.8 Å². The van der Waals surface area contributed by atoms with Crippen LogP contribution in [0, 0.1) is 12.8 Å². The van der Waals surface area contributed by atoms with Gasteiger partial charge in [-0.15, -0.1) is 0 Å². The summed E-state index contributed by atoms with van der Waals surface area (Å²) in [6.45, 7) is 2.88. The molecule has 2 amide bonds. The Hall–Kier alpha value is -2.05. The first-order valence-corrected chi connectivity index (χ1v) is 8.89. The predicted molar refractivity (Wildman–Crippen MR) is 90.0 cm³/mol. The number of carboxylic acids is 1. The average molecular weight is 334 g/mol. The molecule has 2 fully saturated rings. The first-order chi connectivity index (χ1) is 11.5. The van der Waals surface area contributed by atoms with Crippen LogP contribution < -0.4 is 5.32 Å². The first kappa shape index (κ1) is 16.8. The largest absolute Gasteiger partial charge is 0.481 e. The molecule has 1 unspecified atom stereocenters. The lowest BCUT2D eigenvalue weighted by molar-refractivity contribution is -0.143. The molecule has 1 aromatic rings. The molecular weight excluding hydrogens is 308 g/mol. The van der Waals surface area contributed by atoms with Gasteiger partial charge < -0.3 is 10.0 Å². The van der Waals surface area contributed by atoms with Gasteiger partial charge in [-0.05, 0) is 32.6 Å². The number of likely N-dealkylation sites (tertiary alicyclic amines) is 1. The molecule has 1 aromatic heterocycles. The second-order valence-corrected chi connectivity index (χ2v) is 6.96. The number of carbonyl (C=O) groups excluding carboxylic acids is 1. The SMILES string of the molecule is Cc1cc(NC(=O)N2CCCC(C(=O)O)C2)nn1C1CCCCC1. The second-order valence-electron chi connectivity index (χ2n) is 6.96. The summed E-state index contributed by atoms with van der Waals surface area (Å²) in [7, 11) is 0. The van der Waals surface area contributed by atoms with Crippen LogP contribution in [0.4, 0.5) is 10.6 Å². The number of aryl methyl sites for hydroxylation is 1. The number of nitrogens with one attached hydrogen (secondary N) is 1. The Labute approximate surface area is 142 Å². The van der Waals surface area contributed by atoms with Crippen LogP contribution in [0.15, 0.2) is 6.07 Å². The number of hydrogen-bond acceptors (Lipinski definition) is 3. The molecule has 2 heterocycles. The summed E-state index contributed by atoms with van der Waals surface area (Å²) in [5.74, 6) is -0.739.